The van der Waals surface area contributed by atoms with Gasteiger partial charge in [-0.1, -0.05) is 57.1 Å². The molecule has 0 bridgehead atoms. The topological polar surface area (TPSA) is 55.1 Å². The first kappa shape index (κ1) is 16.6. The second-order valence-electron chi connectivity index (χ2n) is 5.22. The fraction of sp³-hybridized carbons (Fsp3) is 0.500. The number of thiocarbonyl (C=S) groups is 1. The third-order valence-corrected chi connectivity index (χ3v) is 4.04. The van der Waals surface area contributed by atoms with Crippen molar-refractivity contribution in [2.45, 2.75) is 46.5 Å². The van der Waals surface area contributed by atoms with E-state index in [0.717, 1.165) is 24.1 Å². The lowest BCUT2D eigenvalue weighted by molar-refractivity contribution is -0.122. The Morgan fingerprint density at radius 1 is 1.25 bits per heavy atom. The molecule has 3 nitrogen and oxygen atoms in total. The van der Waals surface area contributed by atoms with E-state index in [0.29, 0.717) is 17.8 Å². The summed E-state index contributed by atoms with van der Waals surface area (Å²) in [5, 5.41) is 3.00. The van der Waals surface area contributed by atoms with Crippen LogP contribution in [0.5, 0.6) is 0 Å². The number of nitrogens with one attached hydrogen (secondary N) is 1. The maximum absolute atomic E-state index is 12.7. The van der Waals surface area contributed by atoms with E-state index in [1.54, 1.807) is 0 Å². The molecule has 0 unspecified atom stereocenters. The van der Waals surface area contributed by atoms with Crippen LogP contribution >= 0.6 is 12.2 Å². The molecule has 1 aromatic carbocycles. The fourth-order valence-corrected chi connectivity index (χ4v) is 2.82. The highest BCUT2D eigenvalue weighted by molar-refractivity contribution is 7.80. The standard InChI is InChI=1S/C16H24N2OS/c1-4-10-16(11-5-2,14(17)20)15(19)18-13-9-7-6-8-12(13)3/h6-9H,4-5,10-11H2,1-3H3,(H2,17,20)(H,18,19). The first-order valence-corrected chi connectivity index (χ1v) is 7.55. The minimum Gasteiger partial charge on any atom is -0.392 e. The molecule has 20 heavy (non-hydrogen) atoms. The number of carbonyl (C=O) groups is 1. The van der Waals surface area contributed by atoms with E-state index >= 15 is 0 Å². The van der Waals surface area contributed by atoms with E-state index in [9.17, 15) is 4.79 Å². The Labute approximate surface area is 126 Å². The van der Waals surface area contributed by atoms with Crippen molar-refractivity contribution in [3.05, 3.63) is 29.8 Å². The molecule has 0 aromatic heterocycles. The SMILES string of the molecule is CCCC(CCC)(C(=O)Nc1ccccc1C)C(N)=S. The van der Waals surface area contributed by atoms with E-state index in [1.807, 2.05) is 45.0 Å². The summed E-state index contributed by atoms with van der Waals surface area (Å²) in [4.78, 5) is 13.0. The van der Waals surface area contributed by atoms with Gasteiger partial charge in [-0.15, -0.1) is 0 Å². The highest BCUT2D eigenvalue weighted by Gasteiger charge is 2.39. The lowest BCUT2D eigenvalue weighted by atomic mass is 9.78. The van der Waals surface area contributed by atoms with E-state index in [4.69, 9.17) is 18.0 Å². The molecule has 0 atom stereocenters. The number of nitrogens with two attached hydrogens (primary N) is 1. The summed E-state index contributed by atoms with van der Waals surface area (Å²) in [7, 11) is 0. The van der Waals surface area contributed by atoms with Gasteiger partial charge in [-0.3, -0.25) is 4.79 Å². The Morgan fingerprint density at radius 2 is 1.80 bits per heavy atom. The monoisotopic (exact) mass is 292 g/mol. The van der Waals surface area contributed by atoms with Gasteiger partial charge in [0.15, 0.2) is 0 Å². The van der Waals surface area contributed by atoms with Crippen LogP contribution in [0.2, 0.25) is 0 Å². The van der Waals surface area contributed by atoms with Crippen LogP contribution in [0.4, 0.5) is 5.69 Å². The van der Waals surface area contributed by atoms with Crippen LogP contribution in [-0.4, -0.2) is 10.9 Å². The van der Waals surface area contributed by atoms with Crippen molar-refractivity contribution in [3.63, 3.8) is 0 Å². The summed E-state index contributed by atoms with van der Waals surface area (Å²) in [5.41, 5.74) is 7.03. The Hall–Kier alpha value is -1.42. The molecular formula is C16H24N2OS. The smallest absolute Gasteiger partial charge is 0.237 e. The number of para-hydroxylation sites is 1. The number of hydrogen-bond acceptors (Lipinski definition) is 2. The minimum atomic E-state index is -0.735. The molecule has 0 fully saturated rings. The number of amides is 1. The van der Waals surface area contributed by atoms with Gasteiger partial charge in [-0.25, -0.2) is 0 Å². The highest BCUT2D eigenvalue weighted by Crippen LogP contribution is 2.32. The molecule has 1 amide bonds. The molecule has 4 heteroatoms. The van der Waals surface area contributed by atoms with Crippen molar-refractivity contribution in [3.8, 4) is 0 Å². The van der Waals surface area contributed by atoms with Crippen LogP contribution in [0, 0.1) is 12.3 Å². The predicted octanol–water partition coefficient (Wildman–Crippen LogP) is 3.81. The van der Waals surface area contributed by atoms with Crippen molar-refractivity contribution in [2.24, 2.45) is 11.1 Å². The number of carbonyl (C=O) groups excluding carboxylic acids is 1. The van der Waals surface area contributed by atoms with Crippen LogP contribution in [0.15, 0.2) is 24.3 Å². The van der Waals surface area contributed by atoms with Crippen LogP contribution in [0.3, 0.4) is 0 Å². The maximum Gasteiger partial charge on any atom is 0.237 e. The summed E-state index contributed by atoms with van der Waals surface area (Å²) < 4.78 is 0. The molecule has 0 heterocycles. The Morgan fingerprint density at radius 3 is 2.25 bits per heavy atom. The number of anilines is 1. The zero-order valence-electron chi connectivity index (χ0n) is 12.5. The van der Waals surface area contributed by atoms with Crippen molar-refractivity contribution in [1.29, 1.82) is 0 Å². The lowest BCUT2D eigenvalue weighted by Gasteiger charge is -2.31. The molecule has 110 valence electrons. The Balaban J connectivity index is 3.05. The van der Waals surface area contributed by atoms with Crippen molar-refractivity contribution in [2.75, 3.05) is 5.32 Å². The van der Waals surface area contributed by atoms with Crippen molar-refractivity contribution in [1.82, 2.24) is 0 Å². The molecule has 0 spiro atoms. The molecule has 0 aliphatic heterocycles. The lowest BCUT2D eigenvalue weighted by Crippen LogP contribution is -2.46. The van der Waals surface area contributed by atoms with Gasteiger partial charge < -0.3 is 11.1 Å². The number of hydrogen-bond donors (Lipinski definition) is 2. The van der Waals surface area contributed by atoms with Gasteiger partial charge >= 0.3 is 0 Å². The van der Waals surface area contributed by atoms with Crippen LogP contribution in [0.25, 0.3) is 0 Å². The molecule has 1 rings (SSSR count). The molecule has 0 aliphatic carbocycles. The molecule has 0 radical (unpaired) electrons. The van der Waals surface area contributed by atoms with E-state index in [-0.39, 0.29) is 5.91 Å². The molecule has 3 N–H and O–H groups in total. The van der Waals surface area contributed by atoms with Gasteiger partial charge in [-0.2, -0.15) is 0 Å². The largest absolute Gasteiger partial charge is 0.392 e. The molecule has 0 aliphatic rings. The number of benzene rings is 1. The maximum atomic E-state index is 12.7. The minimum absolute atomic E-state index is 0.0806. The quantitative estimate of drug-likeness (QED) is 0.751. The van der Waals surface area contributed by atoms with Gasteiger partial charge in [0.05, 0.1) is 10.4 Å². The summed E-state index contributed by atoms with van der Waals surface area (Å²) >= 11 is 5.20. The second kappa shape index (κ2) is 7.39. The third kappa shape index (κ3) is 3.57. The zero-order chi connectivity index (χ0) is 15.2. The Kier molecular flexibility index (Phi) is 6.14. The van der Waals surface area contributed by atoms with E-state index < -0.39 is 5.41 Å². The average Bonchev–Trinajstić information content (AvgIpc) is 2.40. The van der Waals surface area contributed by atoms with Crippen LogP contribution < -0.4 is 11.1 Å². The molecular weight excluding hydrogens is 268 g/mol. The molecule has 1 aromatic rings. The second-order valence-corrected chi connectivity index (χ2v) is 5.66. The van der Waals surface area contributed by atoms with Gasteiger partial charge in [0, 0.05) is 5.69 Å². The number of rotatable bonds is 7. The third-order valence-electron chi connectivity index (χ3n) is 3.65. The average molecular weight is 292 g/mol. The normalized spacial score (nSPS) is 11.2. The first-order chi connectivity index (χ1) is 9.47. The van der Waals surface area contributed by atoms with Gasteiger partial charge in [0.2, 0.25) is 5.91 Å². The molecule has 0 saturated heterocycles. The van der Waals surface area contributed by atoms with Crippen molar-refractivity contribution >= 4 is 28.8 Å². The van der Waals surface area contributed by atoms with Crippen LogP contribution in [0.1, 0.15) is 45.1 Å². The summed E-state index contributed by atoms with van der Waals surface area (Å²) in [6, 6.07) is 7.72. The Bertz CT molecular complexity index is 479. The molecule has 0 saturated carbocycles. The van der Waals surface area contributed by atoms with Gasteiger partial charge in [-0.05, 0) is 31.4 Å². The van der Waals surface area contributed by atoms with Crippen LogP contribution in [-0.2, 0) is 4.79 Å². The first-order valence-electron chi connectivity index (χ1n) is 7.15. The van der Waals surface area contributed by atoms with Gasteiger partial charge in [0.1, 0.15) is 0 Å². The fourth-order valence-electron chi connectivity index (χ4n) is 2.52. The van der Waals surface area contributed by atoms with E-state index in [2.05, 4.69) is 5.32 Å². The van der Waals surface area contributed by atoms with Gasteiger partial charge in [0.25, 0.3) is 0 Å². The van der Waals surface area contributed by atoms with E-state index in [1.165, 1.54) is 0 Å². The summed E-state index contributed by atoms with van der Waals surface area (Å²) in [6.07, 6.45) is 3.12. The zero-order valence-corrected chi connectivity index (χ0v) is 13.3. The summed E-state index contributed by atoms with van der Waals surface area (Å²) in [5.74, 6) is -0.0806. The number of aryl methyl sites for hydroxylation is 1. The predicted molar refractivity (Wildman–Crippen MR) is 88.8 cm³/mol. The summed E-state index contributed by atoms with van der Waals surface area (Å²) in [6.45, 7) is 6.06. The highest BCUT2D eigenvalue weighted by atomic mass is 32.1. The van der Waals surface area contributed by atoms with Crippen molar-refractivity contribution < 1.29 is 4.79 Å².